The van der Waals surface area contributed by atoms with Crippen molar-refractivity contribution in [2.24, 2.45) is 0 Å². The molecule has 156 valence electrons. The molecule has 0 radical (unpaired) electrons. The maximum Gasteiger partial charge on any atom is 0.270 e. The summed E-state index contributed by atoms with van der Waals surface area (Å²) in [5.41, 5.74) is 9.16. The van der Waals surface area contributed by atoms with Gasteiger partial charge in [-0.3, -0.25) is 30.4 Å². The van der Waals surface area contributed by atoms with Gasteiger partial charge in [0.25, 0.3) is 11.5 Å². The number of hydrazine groups is 1. The first-order valence-corrected chi connectivity index (χ1v) is 9.96. The van der Waals surface area contributed by atoms with E-state index in [1.54, 1.807) is 42.7 Å². The molecule has 0 spiro atoms. The zero-order valence-electron chi connectivity index (χ0n) is 17.1. The molecular weight excluding hydrogens is 404 g/mol. The number of hydrogen-bond acceptors (Lipinski definition) is 6. The second kappa shape index (κ2) is 7.92. The van der Waals surface area contributed by atoms with Gasteiger partial charge in [-0.15, -0.1) is 0 Å². The summed E-state index contributed by atoms with van der Waals surface area (Å²) in [5, 5.41) is 1.19. The molecule has 0 atom stereocenters. The molecule has 5 aromatic rings. The number of nitrogens with one attached hydrogen (secondary N) is 3. The van der Waals surface area contributed by atoms with Crippen LogP contribution in [0.1, 0.15) is 15.9 Å². The Labute approximate surface area is 182 Å². The number of para-hydroxylation sites is 1. The molecule has 2 aromatic carbocycles. The van der Waals surface area contributed by atoms with Crippen molar-refractivity contribution in [3.63, 3.8) is 0 Å². The van der Waals surface area contributed by atoms with E-state index in [0.717, 1.165) is 16.5 Å². The Hall–Kier alpha value is -4.59. The summed E-state index contributed by atoms with van der Waals surface area (Å²) < 4.78 is 0. The Kier molecular flexibility index (Phi) is 4.79. The van der Waals surface area contributed by atoms with Gasteiger partial charge in [-0.05, 0) is 49.4 Å². The lowest BCUT2D eigenvalue weighted by Crippen LogP contribution is -2.31. The minimum absolute atomic E-state index is 0.143. The number of H-pyrrole nitrogens is 1. The van der Waals surface area contributed by atoms with Crippen molar-refractivity contribution in [3.05, 3.63) is 94.5 Å². The van der Waals surface area contributed by atoms with E-state index in [2.05, 4.69) is 25.8 Å². The molecule has 0 aliphatic rings. The molecule has 3 aromatic heterocycles. The fourth-order valence-corrected chi connectivity index (χ4v) is 3.52. The van der Waals surface area contributed by atoms with E-state index in [4.69, 9.17) is 4.98 Å². The zero-order chi connectivity index (χ0) is 22.1. The van der Waals surface area contributed by atoms with Gasteiger partial charge in [0.05, 0.1) is 27.7 Å². The third-order valence-electron chi connectivity index (χ3n) is 5.07. The van der Waals surface area contributed by atoms with Gasteiger partial charge in [0.2, 0.25) is 5.95 Å². The monoisotopic (exact) mass is 422 g/mol. The fourth-order valence-electron chi connectivity index (χ4n) is 3.52. The van der Waals surface area contributed by atoms with Gasteiger partial charge in [-0.2, -0.15) is 0 Å². The summed E-state index contributed by atoms with van der Waals surface area (Å²) in [6.45, 7) is 1.96. The number of aromatic nitrogens is 4. The minimum atomic E-state index is -0.385. The van der Waals surface area contributed by atoms with E-state index in [1.807, 2.05) is 37.3 Å². The predicted molar refractivity (Wildman–Crippen MR) is 123 cm³/mol. The van der Waals surface area contributed by atoms with Crippen LogP contribution >= 0.6 is 0 Å². The van der Waals surface area contributed by atoms with Gasteiger partial charge < -0.3 is 0 Å². The van der Waals surface area contributed by atoms with Crippen LogP contribution in [0.2, 0.25) is 0 Å². The highest BCUT2D eigenvalue weighted by molar-refractivity contribution is 6.07. The number of hydrogen-bond donors (Lipinski definition) is 3. The topological polar surface area (TPSA) is 113 Å². The van der Waals surface area contributed by atoms with Gasteiger partial charge in [0.1, 0.15) is 0 Å². The summed E-state index contributed by atoms with van der Waals surface area (Å²) in [6, 6.07) is 18.2. The van der Waals surface area contributed by atoms with Crippen LogP contribution in [0.15, 0.2) is 77.9 Å². The molecule has 0 fully saturated rings. The van der Waals surface area contributed by atoms with Crippen LogP contribution in [-0.4, -0.2) is 25.8 Å². The quantitative estimate of drug-likeness (QED) is 0.382. The van der Waals surface area contributed by atoms with Crippen molar-refractivity contribution in [3.8, 4) is 11.3 Å². The zero-order valence-corrected chi connectivity index (χ0v) is 17.1. The van der Waals surface area contributed by atoms with Gasteiger partial charge in [-0.25, -0.2) is 9.97 Å². The standard InChI is InChI=1S/C24H18N6O2/c1-14-8-9-20-17(11-14)18(12-21(26-20)15-5-4-10-25-13-15)23(32)29-30-24-27-19-7-3-2-6-16(19)22(31)28-24/h2-13H,1H3,(H,29,32)(H2,27,28,30,31). The second-order valence-corrected chi connectivity index (χ2v) is 7.33. The molecule has 0 bridgehead atoms. The van der Waals surface area contributed by atoms with Crippen molar-refractivity contribution in [2.45, 2.75) is 6.92 Å². The Balaban J connectivity index is 1.51. The summed E-state index contributed by atoms with van der Waals surface area (Å²) in [4.78, 5) is 41.2. The fraction of sp³-hybridized carbons (Fsp3) is 0.0417. The number of carbonyl (C=O) groups excluding carboxylic acids is 1. The van der Waals surface area contributed by atoms with Crippen molar-refractivity contribution in [2.75, 3.05) is 5.43 Å². The summed E-state index contributed by atoms with van der Waals surface area (Å²) in [6.07, 6.45) is 3.38. The SMILES string of the molecule is Cc1ccc2nc(-c3cccnc3)cc(C(=O)NNc3nc4ccccc4c(=O)[nH]3)c2c1. The molecule has 8 nitrogen and oxygen atoms in total. The number of rotatable bonds is 4. The largest absolute Gasteiger partial charge is 0.291 e. The maximum absolute atomic E-state index is 13.1. The summed E-state index contributed by atoms with van der Waals surface area (Å²) in [7, 11) is 0. The third-order valence-corrected chi connectivity index (χ3v) is 5.07. The Morgan fingerprint density at radius 2 is 1.78 bits per heavy atom. The molecule has 0 aliphatic heterocycles. The number of fused-ring (bicyclic) bond motifs is 2. The van der Waals surface area contributed by atoms with Crippen LogP contribution in [0.4, 0.5) is 5.95 Å². The Bertz CT molecular complexity index is 1530. The number of pyridine rings is 2. The first-order valence-electron chi connectivity index (χ1n) is 9.96. The number of aryl methyl sites for hydroxylation is 1. The van der Waals surface area contributed by atoms with Crippen LogP contribution in [0, 0.1) is 6.92 Å². The number of nitrogens with zero attached hydrogens (tertiary/aromatic N) is 3. The molecule has 1 amide bonds. The third kappa shape index (κ3) is 3.65. The lowest BCUT2D eigenvalue weighted by atomic mass is 10.0. The van der Waals surface area contributed by atoms with Crippen LogP contribution < -0.4 is 16.4 Å². The lowest BCUT2D eigenvalue weighted by molar-refractivity contribution is 0.0964. The van der Waals surface area contributed by atoms with Crippen molar-refractivity contribution < 1.29 is 4.79 Å². The van der Waals surface area contributed by atoms with Gasteiger partial charge >= 0.3 is 0 Å². The normalized spacial score (nSPS) is 10.9. The van der Waals surface area contributed by atoms with E-state index < -0.39 is 0 Å². The summed E-state index contributed by atoms with van der Waals surface area (Å²) >= 11 is 0. The molecule has 0 saturated carbocycles. The van der Waals surface area contributed by atoms with E-state index in [1.165, 1.54) is 0 Å². The molecule has 0 aliphatic carbocycles. The lowest BCUT2D eigenvalue weighted by Gasteiger charge is -2.12. The van der Waals surface area contributed by atoms with Gasteiger partial charge in [-0.1, -0.05) is 23.8 Å². The predicted octanol–water partition coefficient (Wildman–Crippen LogP) is 3.60. The van der Waals surface area contributed by atoms with Crippen molar-refractivity contribution >= 4 is 33.7 Å². The van der Waals surface area contributed by atoms with E-state index in [9.17, 15) is 9.59 Å². The summed E-state index contributed by atoms with van der Waals surface area (Å²) in [5.74, 6) is -0.243. The van der Waals surface area contributed by atoms with Crippen molar-refractivity contribution in [1.82, 2.24) is 25.4 Å². The average Bonchev–Trinajstić information content (AvgIpc) is 2.82. The van der Waals surface area contributed by atoms with E-state index in [0.29, 0.717) is 27.7 Å². The Morgan fingerprint density at radius 1 is 0.938 bits per heavy atom. The Morgan fingerprint density at radius 3 is 2.62 bits per heavy atom. The van der Waals surface area contributed by atoms with Crippen LogP contribution in [0.3, 0.4) is 0 Å². The number of amides is 1. The average molecular weight is 422 g/mol. The van der Waals surface area contributed by atoms with Crippen LogP contribution in [0.25, 0.3) is 33.1 Å². The molecule has 8 heteroatoms. The second-order valence-electron chi connectivity index (χ2n) is 7.33. The van der Waals surface area contributed by atoms with Crippen LogP contribution in [0.5, 0.6) is 0 Å². The highest BCUT2D eigenvalue weighted by Gasteiger charge is 2.15. The van der Waals surface area contributed by atoms with E-state index >= 15 is 0 Å². The van der Waals surface area contributed by atoms with Gasteiger partial charge in [0, 0.05) is 23.3 Å². The maximum atomic E-state index is 13.1. The molecule has 3 N–H and O–H groups in total. The molecule has 32 heavy (non-hydrogen) atoms. The van der Waals surface area contributed by atoms with Gasteiger partial charge in [0.15, 0.2) is 0 Å². The van der Waals surface area contributed by atoms with Crippen molar-refractivity contribution in [1.29, 1.82) is 0 Å². The number of aromatic amines is 1. The van der Waals surface area contributed by atoms with Crippen LogP contribution in [-0.2, 0) is 0 Å². The minimum Gasteiger partial charge on any atom is -0.291 e. The molecular formula is C24H18N6O2. The highest BCUT2D eigenvalue weighted by atomic mass is 16.2. The smallest absolute Gasteiger partial charge is 0.270 e. The number of carbonyl (C=O) groups is 1. The van der Waals surface area contributed by atoms with E-state index in [-0.39, 0.29) is 17.4 Å². The number of anilines is 1. The molecule has 0 unspecified atom stereocenters. The number of benzene rings is 2. The first kappa shape index (κ1) is 19.4. The molecule has 0 saturated heterocycles. The molecule has 5 rings (SSSR count). The molecule has 3 heterocycles. The highest BCUT2D eigenvalue weighted by Crippen LogP contribution is 2.25. The first-order chi connectivity index (χ1) is 15.6.